The number of fused-ring (bicyclic) bond motifs is 1. The molecule has 1 N–H and O–H groups in total. The molecule has 1 aromatic heterocycles. The van der Waals surface area contributed by atoms with Crippen LogP contribution < -0.4 is 5.32 Å². The van der Waals surface area contributed by atoms with E-state index < -0.39 is 0 Å². The number of hydrogen-bond donors (Lipinski definition) is 1. The molecule has 1 saturated carbocycles. The van der Waals surface area contributed by atoms with Gasteiger partial charge in [0.05, 0.1) is 11.7 Å². The van der Waals surface area contributed by atoms with E-state index in [-0.39, 0.29) is 0 Å². The van der Waals surface area contributed by atoms with Gasteiger partial charge in [-0.1, -0.05) is 13.3 Å². The predicted molar refractivity (Wildman–Crippen MR) is 64.3 cm³/mol. The summed E-state index contributed by atoms with van der Waals surface area (Å²) in [5.74, 6) is 2.14. The second-order valence-corrected chi connectivity index (χ2v) is 5.11. The minimum absolute atomic E-state index is 0.525. The molecule has 3 nitrogen and oxygen atoms in total. The van der Waals surface area contributed by atoms with E-state index in [0.29, 0.717) is 6.04 Å². The summed E-state index contributed by atoms with van der Waals surface area (Å²) in [5.41, 5.74) is 1.25. The fourth-order valence-electron chi connectivity index (χ4n) is 2.83. The van der Waals surface area contributed by atoms with Crippen LogP contribution in [0.15, 0.2) is 6.20 Å². The highest BCUT2D eigenvalue weighted by Gasteiger charge is 2.32. The largest absolute Gasteiger partial charge is 0.333 e. The Kier molecular flexibility index (Phi) is 2.72. The molecule has 0 aromatic carbocycles. The second-order valence-electron chi connectivity index (χ2n) is 5.11. The number of aryl methyl sites for hydroxylation is 2. The monoisotopic (exact) mass is 219 g/mol. The minimum Gasteiger partial charge on any atom is -0.333 e. The van der Waals surface area contributed by atoms with Crippen molar-refractivity contribution in [2.75, 3.05) is 6.54 Å². The molecule has 1 unspecified atom stereocenters. The van der Waals surface area contributed by atoms with E-state index in [2.05, 4.69) is 23.0 Å². The zero-order valence-electron chi connectivity index (χ0n) is 10.1. The molecule has 0 bridgehead atoms. The van der Waals surface area contributed by atoms with Crippen LogP contribution in [0.4, 0.5) is 0 Å². The van der Waals surface area contributed by atoms with Crippen LogP contribution in [0.2, 0.25) is 0 Å². The molecule has 2 heterocycles. The summed E-state index contributed by atoms with van der Waals surface area (Å²) >= 11 is 0. The van der Waals surface area contributed by atoms with Crippen LogP contribution in [-0.4, -0.2) is 16.1 Å². The highest BCUT2D eigenvalue weighted by Crippen LogP contribution is 2.38. The third kappa shape index (κ3) is 1.67. The Balaban J connectivity index is 1.91. The lowest BCUT2D eigenvalue weighted by molar-refractivity contribution is 0.226. The highest BCUT2D eigenvalue weighted by molar-refractivity contribution is 5.11. The maximum absolute atomic E-state index is 4.81. The molecule has 0 spiro atoms. The van der Waals surface area contributed by atoms with Crippen molar-refractivity contribution in [3.05, 3.63) is 17.7 Å². The van der Waals surface area contributed by atoms with Gasteiger partial charge in [0.25, 0.3) is 0 Å². The minimum atomic E-state index is 0.525. The predicted octanol–water partition coefficient (Wildman–Crippen LogP) is 2.28. The Hall–Kier alpha value is -0.830. The van der Waals surface area contributed by atoms with Gasteiger partial charge in [0.1, 0.15) is 5.82 Å². The van der Waals surface area contributed by atoms with Gasteiger partial charge < -0.3 is 9.88 Å². The fourth-order valence-corrected chi connectivity index (χ4v) is 2.83. The van der Waals surface area contributed by atoms with Gasteiger partial charge in [-0.3, -0.25) is 0 Å². The van der Waals surface area contributed by atoms with E-state index in [1.807, 2.05) is 0 Å². The Morgan fingerprint density at radius 3 is 3.00 bits per heavy atom. The van der Waals surface area contributed by atoms with Gasteiger partial charge in [-0.05, 0) is 38.1 Å². The molecule has 0 saturated heterocycles. The Morgan fingerprint density at radius 2 is 2.31 bits per heavy atom. The van der Waals surface area contributed by atoms with Crippen LogP contribution in [0.5, 0.6) is 0 Å². The van der Waals surface area contributed by atoms with E-state index in [0.717, 1.165) is 25.4 Å². The summed E-state index contributed by atoms with van der Waals surface area (Å²) in [6.45, 7) is 4.47. The molecular weight excluding hydrogens is 198 g/mol. The van der Waals surface area contributed by atoms with E-state index in [9.17, 15) is 0 Å². The first-order valence-electron chi connectivity index (χ1n) is 6.68. The van der Waals surface area contributed by atoms with Crippen molar-refractivity contribution in [3.8, 4) is 0 Å². The molecule has 1 aromatic rings. The zero-order chi connectivity index (χ0) is 11.0. The number of aromatic nitrogens is 2. The van der Waals surface area contributed by atoms with Crippen LogP contribution in [0.25, 0.3) is 0 Å². The summed E-state index contributed by atoms with van der Waals surface area (Å²) in [4.78, 5) is 4.81. The normalized spacial score (nSPS) is 25.9. The fraction of sp³-hybridized carbons (Fsp3) is 0.769. The molecule has 16 heavy (non-hydrogen) atoms. The smallest absolute Gasteiger partial charge is 0.126 e. The van der Waals surface area contributed by atoms with Crippen LogP contribution >= 0.6 is 0 Å². The Labute approximate surface area is 97.3 Å². The molecule has 88 valence electrons. The van der Waals surface area contributed by atoms with Gasteiger partial charge >= 0.3 is 0 Å². The molecule has 1 fully saturated rings. The molecule has 3 rings (SSSR count). The van der Waals surface area contributed by atoms with Crippen molar-refractivity contribution in [2.45, 2.75) is 51.6 Å². The lowest BCUT2D eigenvalue weighted by atomic mass is 9.79. The zero-order valence-corrected chi connectivity index (χ0v) is 10.1. The molecule has 0 amide bonds. The van der Waals surface area contributed by atoms with Crippen molar-refractivity contribution < 1.29 is 0 Å². The number of nitrogens with zero attached hydrogens (tertiary/aromatic N) is 2. The number of rotatable bonds is 2. The molecule has 0 radical (unpaired) electrons. The SMILES string of the molecule is CCc1cn2c(n1)C(C1CCC1)NCCC2. The molecular formula is C13H21N3. The van der Waals surface area contributed by atoms with E-state index >= 15 is 0 Å². The third-order valence-electron chi connectivity index (χ3n) is 4.06. The highest BCUT2D eigenvalue weighted by atomic mass is 15.1. The van der Waals surface area contributed by atoms with E-state index in [1.165, 1.54) is 37.2 Å². The van der Waals surface area contributed by atoms with Gasteiger partial charge in [0.2, 0.25) is 0 Å². The van der Waals surface area contributed by atoms with Gasteiger partial charge in [-0.15, -0.1) is 0 Å². The Bertz CT molecular complexity index is 365. The van der Waals surface area contributed by atoms with Crippen LogP contribution in [0.3, 0.4) is 0 Å². The molecule has 3 heteroatoms. The van der Waals surface area contributed by atoms with Gasteiger partial charge in [0, 0.05) is 12.7 Å². The summed E-state index contributed by atoms with van der Waals surface area (Å²) in [6.07, 6.45) is 8.71. The Morgan fingerprint density at radius 1 is 1.44 bits per heavy atom. The molecule has 1 aliphatic heterocycles. The van der Waals surface area contributed by atoms with Gasteiger partial charge in [-0.2, -0.15) is 0 Å². The summed E-state index contributed by atoms with van der Waals surface area (Å²) in [7, 11) is 0. The lowest BCUT2D eigenvalue weighted by Crippen LogP contribution is -2.32. The molecule has 1 atom stereocenters. The maximum atomic E-state index is 4.81. The second kappa shape index (κ2) is 4.21. The van der Waals surface area contributed by atoms with Gasteiger partial charge in [0.15, 0.2) is 0 Å². The first-order chi connectivity index (χ1) is 7.88. The average molecular weight is 219 g/mol. The summed E-state index contributed by atoms with van der Waals surface area (Å²) < 4.78 is 2.39. The van der Waals surface area contributed by atoms with Crippen LogP contribution in [0, 0.1) is 5.92 Å². The first-order valence-corrected chi connectivity index (χ1v) is 6.68. The van der Waals surface area contributed by atoms with Crippen molar-refractivity contribution in [2.24, 2.45) is 5.92 Å². The van der Waals surface area contributed by atoms with E-state index in [4.69, 9.17) is 4.98 Å². The maximum Gasteiger partial charge on any atom is 0.126 e. The third-order valence-corrected chi connectivity index (χ3v) is 4.06. The van der Waals surface area contributed by atoms with Crippen molar-refractivity contribution in [3.63, 3.8) is 0 Å². The summed E-state index contributed by atoms with van der Waals surface area (Å²) in [6, 6.07) is 0.525. The number of hydrogen-bond acceptors (Lipinski definition) is 2. The molecule has 1 aliphatic carbocycles. The van der Waals surface area contributed by atoms with Crippen LogP contribution in [-0.2, 0) is 13.0 Å². The first kappa shape index (κ1) is 10.3. The van der Waals surface area contributed by atoms with Crippen molar-refractivity contribution in [1.82, 2.24) is 14.9 Å². The lowest BCUT2D eigenvalue weighted by Gasteiger charge is -2.33. The van der Waals surface area contributed by atoms with Crippen molar-refractivity contribution in [1.29, 1.82) is 0 Å². The summed E-state index contributed by atoms with van der Waals surface area (Å²) in [5, 5.41) is 3.69. The standard InChI is InChI=1S/C13H21N3/c1-2-11-9-16-8-4-7-14-12(13(16)15-11)10-5-3-6-10/h9-10,12,14H,2-8H2,1H3. The average Bonchev–Trinajstić information content (AvgIpc) is 2.55. The van der Waals surface area contributed by atoms with Crippen LogP contribution in [0.1, 0.15) is 50.2 Å². The quantitative estimate of drug-likeness (QED) is 0.827. The van der Waals surface area contributed by atoms with E-state index in [1.54, 1.807) is 0 Å². The topological polar surface area (TPSA) is 29.9 Å². The molecule has 2 aliphatic rings. The van der Waals surface area contributed by atoms with Gasteiger partial charge in [-0.25, -0.2) is 4.98 Å². The number of imidazole rings is 1. The number of nitrogens with one attached hydrogen (secondary N) is 1. The van der Waals surface area contributed by atoms with Crippen molar-refractivity contribution >= 4 is 0 Å².